The molecule has 0 aromatic rings. The molecule has 4 rings (SSSR count). The Hall–Kier alpha value is -1.40. The highest BCUT2D eigenvalue weighted by molar-refractivity contribution is 5.09. The van der Waals surface area contributed by atoms with Crippen molar-refractivity contribution in [2.75, 3.05) is 0 Å². The summed E-state index contributed by atoms with van der Waals surface area (Å²) in [6.07, 6.45) is 3.54. The molecule has 0 unspecified atom stereocenters. The zero-order valence-corrected chi connectivity index (χ0v) is 9.33. The molecule has 0 amide bonds. The molecule has 4 fully saturated rings. The van der Waals surface area contributed by atoms with Gasteiger partial charge >= 0.3 is 0 Å². The van der Waals surface area contributed by atoms with E-state index < -0.39 is 16.2 Å². The van der Waals surface area contributed by atoms with Crippen LogP contribution in [0, 0.1) is 32.1 Å². The first-order chi connectivity index (χ1) is 7.93. The summed E-state index contributed by atoms with van der Waals surface area (Å²) in [6, 6.07) is 0. The lowest BCUT2D eigenvalue weighted by molar-refractivity contribution is -0.788. The van der Waals surface area contributed by atoms with E-state index in [0.717, 1.165) is 6.42 Å². The van der Waals surface area contributed by atoms with Gasteiger partial charge in [-0.1, -0.05) is 0 Å². The van der Waals surface area contributed by atoms with Gasteiger partial charge in [0.05, 0.1) is 0 Å². The molecule has 4 aliphatic rings. The lowest BCUT2D eigenvalue weighted by Gasteiger charge is -2.56. The first-order valence-electron chi connectivity index (χ1n) is 5.91. The van der Waals surface area contributed by atoms with E-state index in [9.17, 15) is 20.2 Å². The van der Waals surface area contributed by atoms with Gasteiger partial charge in [-0.25, -0.2) is 0 Å². The van der Waals surface area contributed by atoms with Gasteiger partial charge in [0.25, 0.3) is 5.09 Å². The van der Waals surface area contributed by atoms with E-state index in [1.807, 2.05) is 0 Å². The number of hydrogen-bond acceptors (Lipinski definition) is 5. The van der Waals surface area contributed by atoms with Gasteiger partial charge in [-0.3, -0.25) is 10.1 Å². The molecular weight excluding hydrogens is 228 g/mol. The highest BCUT2D eigenvalue weighted by atomic mass is 17.0. The van der Waals surface area contributed by atoms with Crippen LogP contribution in [0.2, 0.25) is 0 Å². The quantitative estimate of drug-likeness (QED) is 0.552. The Balaban J connectivity index is 1.94. The molecule has 0 saturated heterocycles. The molecule has 0 spiro atoms. The predicted octanol–water partition coefficient (Wildman–Crippen LogP) is 1.56. The summed E-state index contributed by atoms with van der Waals surface area (Å²) in [5.74, 6) is 0.447. The van der Waals surface area contributed by atoms with Crippen LogP contribution >= 0.6 is 0 Å². The lowest BCUT2D eigenvalue weighted by Crippen LogP contribution is -2.63. The summed E-state index contributed by atoms with van der Waals surface area (Å²) < 4.78 is 0. The van der Waals surface area contributed by atoms with Gasteiger partial charge < -0.3 is 4.84 Å². The van der Waals surface area contributed by atoms with Crippen LogP contribution in [-0.2, 0) is 4.84 Å². The molecular formula is C10H14N2O5. The topological polar surface area (TPSA) is 95.5 Å². The largest absolute Gasteiger partial charge is 0.307 e. The van der Waals surface area contributed by atoms with E-state index in [1.54, 1.807) is 0 Å². The average molecular weight is 242 g/mol. The van der Waals surface area contributed by atoms with Gasteiger partial charge in [0.1, 0.15) is 5.60 Å². The Morgan fingerprint density at radius 2 is 1.65 bits per heavy atom. The van der Waals surface area contributed by atoms with Crippen molar-refractivity contribution in [3.05, 3.63) is 20.2 Å². The molecule has 17 heavy (non-hydrogen) atoms. The minimum Gasteiger partial charge on any atom is -0.307 e. The maximum absolute atomic E-state index is 11.3. The second-order valence-corrected chi connectivity index (χ2v) is 5.94. The molecule has 7 heteroatoms. The monoisotopic (exact) mass is 242 g/mol. The van der Waals surface area contributed by atoms with E-state index in [0.29, 0.717) is 25.7 Å². The van der Waals surface area contributed by atoms with Gasteiger partial charge in [-0.05, 0) is 31.1 Å². The highest BCUT2D eigenvalue weighted by Gasteiger charge is 2.65. The molecule has 0 aromatic heterocycles. The van der Waals surface area contributed by atoms with Crippen molar-refractivity contribution in [1.82, 2.24) is 0 Å². The number of rotatable bonds is 3. The number of nitrogens with zero attached hydrogens (tertiary/aromatic N) is 2. The maximum atomic E-state index is 11.3. The Morgan fingerprint density at radius 1 is 1.06 bits per heavy atom. The summed E-state index contributed by atoms with van der Waals surface area (Å²) >= 11 is 0. The maximum Gasteiger partial charge on any atom is 0.295 e. The third kappa shape index (κ3) is 1.48. The first kappa shape index (κ1) is 10.7. The van der Waals surface area contributed by atoms with Crippen molar-refractivity contribution < 1.29 is 14.8 Å². The molecule has 0 heterocycles. The van der Waals surface area contributed by atoms with Crippen LogP contribution in [0.3, 0.4) is 0 Å². The van der Waals surface area contributed by atoms with Crippen molar-refractivity contribution in [2.45, 2.75) is 49.7 Å². The Kier molecular flexibility index (Phi) is 1.95. The fraction of sp³-hybridized carbons (Fsp3) is 1.00. The first-order valence-corrected chi connectivity index (χ1v) is 5.91. The van der Waals surface area contributed by atoms with Crippen LogP contribution < -0.4 is 0 Å². The molecule has 2 atom stereocenters. The molecule has 4 saturated carbocycles. The lowest BCUT2D eigenvalue weighted by atomic mass is 9.51. The predicted molar refractivity (Wildman–Crippen MR) is 55.2 cm³/mol. The summed E-state index contributed by atoms with van der Waals surface area (Å²) in [7, 11) is 0. The second kappa shape index (κ2) is 3.08. The fourth-order valence-electron chi connectivity index (χ4n) is 4.61. The molecule has 0 aromatic carbocycles. The van der Waals surface area contributed by atoms with Crippen molar-refractivity contribution in [3.8, 4) is 0 Å². The van der Waals surface area contributed by atoms with Crippen LogP contribution in [0.5, 0.6) is 0 Å². The summed E-state index contributed by atoms with van der Waals surface area (Å²) in [6.45, 7) is 0. The van der Waals surface area contributed by atoms with E-state index in [1.165, 1.54) is 0 Å². The number of hydrogen-bond donors (Lipinski definition) is 0. The van der Waals surface area contributed by atoms with Crippen molar-refractivity contribution in [3.63, 3.8) is 0 Å². The van der Waals surface area contributed by atoms with Gasteiger partial charge in [0, 0.05) is 24.2 Å². The zero-order chi connectivity index (χ0) is 12.3. The van der Waals surface area contributed by atoms with E-state index in [2.05, 4.69) is 0 Å². The van der Waals surface area contributed by atoms with E-state index >= 15 is 0 Å². The van der Waals surface area contributed by atoms with Gasteiger partial charge in [0.2, 0.25) is 5.54 Å². The summed E-state index contributed by atoms with van der Waals surface area (Å²) in [4.78, 5) is 26.5. The molecule has 4 bridgehead atoms. The Morgan fingerprint density at radius 3 is 2.12 bits per heavy atom. The molecule has 0 N–H and O–H groups in total. The van der Waals surface area contributed by atoms with Crippen molar-refractivity contribution in [1.29, 1.82) is 0 Å². The van der Waals surface area contributed by atoms with Crippen LogP contribution in [0.25, 0.3) is 0 Å². The molecule has 7 nitrogen and oxygen atoms in total. The normalized spacial score (nSPS) is 46.8. The minimum absolute atomic E-state index is 0.209. The summed E-state index contributed by atoms with van der Waals surface area (Å²) in [5.41, 5.74) is -1.83. The molecule has 94 valence electrons. The Labute approximate surface area is 97.4 Å². The minimum atomic E-state index is -0.958. The van der Waals surface area contributed by atoms with Crippen LogP contribution in [0.1, 0.15) is 38.5 Å². The van der Waals surface area contributed by atoms with Crippen LogP contribution in [0.15, 0.2) is 0 Å². The second-order valence-electron chi connectivity index (χ2n) is 5.94. The fourth-order valence-corrected chi connectivity index (χ4v) is 4.61. The van der Waals surface area contributed by atoms with Crippen molar-refractivity contribution in [2.24, 2.45) is 11.8 Å². The van der Waals surface area contributed by atoms with Gasteiger partial charge in [0.15, 0.2) is 0 Å². The third-order valence-corrected chi connectivity index (χ3v) is 4.63. The van der Waals surface area contributed by atoms with Gasteiger partial charge in [-0.2, -0.15) is 0 Å². The SMILES string of the molecule is O=[N+]([O-])OC12C[C@@H]3C[C@@H](C1)CC([N+](=O)[O-])(C3)C2. The molecule has 0 aliphatic heterocycles. The highest BCUT2D eigenvalue weighted by Crippen LogP contribution is 2.59. The van der Waals surface area contributed by atoms with Crippen molar-refractivity contribution >= 4 is 0 Å². The van der Waals surface area contributed by atoms with E-state index in [4.69, 9.17) is 4.84 Å². The smallest absolute Gasteiger partial charge is 0.295 e. The van der Waals surface area contributed by atoms with Crippen LogP contribution in [0.4, 0.5) is 0 Å². The summed E-state index contributed by atoms with van der Waals surface area (Å²) in [5, 5.41) is 21.1. The standard InChI is InChI=1S/C10H14N2O5/c13-11(14)9-2-7-1-8(3-9)5-10(4-7,6-9)17-12(15)16/h7-8H,1-6H2/t7-,8-,9?,10?/m1/s1. The third-order valence-electron chi connectivity index (χ3n) is 4.63. The Bertz CT molecular complexity index is 382. The average Bonchev–Trinajstić information content (AvgIpc) is 2.12. The van der Waals surface area contributed by atoms with Gasteiger partial charge in [-0.15, -0.1) is 10.1 Å². The number of nitro groups is 1. The van der Waals surface area contributed by atoms with E-state index in [-0.39, 0.29) is 23.2 Å². The molecule has 0 radical (unpaired) electrons. The molecule has 4 aliphatic carbocycles. The van der Waals surface area contributed by atoms with Crippen LogP contribution in [-0.4, -0.2) is 21.1 Å². The zero-order valence-electron chi connectivity index (χ0n) is 9.33.